The van der Waals surface area contributed by atoms with Gasteiger partial charge in [-0.2, -0.15) is 0 Å². The van der Waals surface area contributed by atoms with Crippen molar-refractivity contribution in [2.24, 2.45) is 17.4 Å². The van der Waals surface area contributed by atoms with Crippen LogP contribution < -0.4 is 27.4 Å². The number of primary amides is 1. The van der Waals surface area contributed by atoms with E-state index in [1.54, 1.807) is 13.8 Å². The van der Waals surface area contributed by atoms with Crippen molar-refractivity contribution < 1.29 is 39.0 Å². The minimum absolute atomic E-state index is 0.172. The molecule has 0 bridgehead atoms. The molecule has 9 N–H and O–H groups in total. The number of carbonyl (C=O) groups excluding carboxylic acids is 4. The maximum Gasteiger partial charge on any atom is 0.326 e. The zero-order valence-corrected chi connectivity index (χ0v) is 16.1. The van der Waals surface area contributed by atoms with Gasteiger partial charge >= 0.3 is 11.9 Å². The molecule has 13 heteroatoms. The Morgan fingerprint density at radius 3 is 1.97 bits per heavy atom. The highest BCUT2D eigenvalue weighted by Crippen LogP contribution is 2.01. The Labute approximate surface area is 166 Å². The van der Waals surface area contributed by atoms with Gasteiger partial charge in [0.15, 0.2) is 0 Å². The van der Waals surface area contributed by atoms with Crippen LogP contribution in [-0.4, -0.2) is 70.5 Å². The van der Waals surface area contributed by atoms with Gasteiger partial charge in [-0.3, -0.25) is 24.0 Å². The Hall–Kier alpha value is -3.22. The Morgan fingerprint density at radius 1 is 0.931 bits per heavy atom. The van der Waals surface area contributed by atoms with Gasteiger partial charge in [-0.1, -0.05) is 13.8 Å². The van der Waals surface area contributed by atoms with Crippen molar-refractivity contribution in [3.8, 4) is 0 Å². The number of carboxylic acid groups (broad SMARTS) is 2. The Bertz CT molecular complexity index is 651. The lowest BCUT2D eigenvalue weighted by Crippen LogP contribution is -2.54. The first-order chi connectivity index (χ1) is 13.3. The predicted octanol–water partition coefficient (Wildman–Crippen LogP) is -3.12. The van der Waals surface area contributed by atoms with Crippen molar-refractivity contribution in [1.82, 2.24) is 16.0 Å². The lowest BCUT2D eigenvalue weighted by Gasteiger charge is -2.21. The summed E-state index contributed by atoms with van der Waals surface area (Å²) >= 11 is 0. The molecule has 0 fully saturated rings. The van der Waals surface area contributed by atoms with Gasteiger partial charge in [-0.15, -0.1) is 0 Å². The molecule has 0 heterocycles. The fourth-order valence-corrected chi connectivity index (χ4v) is 2.04. The molecular weight excluding hydrogens is 390 g/mol. The maximum absolute atomic E-state index is 12.3. The van der Waals surface area contributed by atoms with Crippen molar-refractivity contribution >= 4 is 35.6 Å². The summed E-state index contributed by atoms with van der Waals surface area (Å²) < 4.78 is 0. The van der Waals surface area contributed by atoms with Gasteiger partial charge in [-0.25, -0.2) is 4.79 Å². The van der Waals surface area contributed by atoms with E-state index in [1.807, 2.05) is 5.32 Å². The lowest BCUT2D eigenvalue weighted by molar-refractivity contribution is -0.147. The van der Waals surface area contributed by atoms with Crippen LogP contribution in [0.15, 0.2) is 0 Å². The van der Waals surface area contributed by atoms with E-state index in [0.29, 0.717) is 0 Å². The molecule has 0 aliphatic carbocycles. The van der Waals surface area contributed by atoms with E-state index < -0.39 is 66.7 Å². The van der Waals surface area contributed by atoms with Gasteiger partial charge in [0.05, 0.1) is 19.0 Å². The van der Waals surface area contributed by atoms with E-state index in [0.717, 1.165) is 0 Å². The van der Waals surface area contributed by atoms with Crippen molar-refractivity contribution in [3.63, 3.8) is 0 Å². The quantitative estimate of drug-likeness (QED) is 0.160. The van der Waals surface area contributed by atoms with Crippen LogP contribution in [0.3, 0.4) is 0 Å². The van der Waals surface area contributed by atoms with Crippen LogP contribution in [-0.2, 0) is 28.8 Å². The van der Waals surface area contributed by atoms with Gasteiger partial charge in [0.1, 0.15) is 12.1 Å². The zero-order valence-electron chi connectivity index (χ0n) is 16.1. The molecule has 0 aromatic rings. The molecule has 0 aromatic carbocycles. The normalized spacial score (nSPS) is 13.7. The average Bonchev–Trinajstić information content (AvgIpc) is 2.60. The first kappa shape index (κ1) is 25.8. The molecule has 0 spiro atoms. The summed E-state index contributed by atoms with van der Waals surface area (Å²) in [6, 6.07) is -3.96. The summed E-state index contributed by atoms with van der Waals surface area (Å²) in [4.78, 5) is 68.8. The average molecular weight is 417 g/mol. The highest BCUT2D eigenvalue weighted by atomic mass is 16.4. The third-order valence-electron chi connectivity index (χ3n) is 3.77. The molecule has 164 valence electrons. The van der Waals surface area contributed by atoms with E-state index in [1.165, 1.54) is 0 Å². The molecule has 0 radical (unpaired) electrons. The molecule has 3 unspecified atom stereocenters. The molecule has 0 aromatic heterocycles. The monoisotopic (exact) mass is 417 g/mol. The smallest absolute Gasteiger partial charge is 0.326 e. The first-order valence-electron chi connectivity index (χ1n) is 8.71. The maximum atomic E-state index is 12.3. The number of nitrogens with one attached hydrogen (secondary N) is 3. The van der Waals surface area contributed by atoms with Gasteiger partial charge < -0.3 is 37.6 Å². The fraction of sp³-hybridized carbons (Fsp3) is 0.625. The fourth-order valence-electron chi connectivity index (χ4n) is 2.04. The molecule has 0 aliphatic rings. The summed E-state index contributed by atoms with van der Waals surface area (Å²) in [5.41, 5.74) is 10.7. The van der Waals surface area contributed by atoms with E-state index in [-0.39, 0.29) is 18.8 Å². The number of hydrogen-bond acceptors (Lipinski definition) is 7. The molecule has 13 nitrogen and oxygen atoms in total. The summed E-state index contributed by atoms with van der Waals surface area (Å²) in [7, 11) is 0. The number of aliphatic carboxylic acids is 2. The van der Waals surface area contributed by atoms with E-state index >= 15 is 0 Å². The third-order valence-corrected chi connectivity index (χ3v) is 3.77. The van der Waals surface area contributed by atoms with Crippen LogP contribution in [0.2, 0.25) is 0 Å². The molecule has 0 rings (SSSR count). The number of hydrogen-bond donors (Lipinski definition) is 7. The van der Waals surface area contributed by atoms with Crippen LogP contribution in [0.25, 0.3) is 0 Å². The van der Waals surface area contributed by atoms with Crippen LogP contribution in [0, 0.1) is 5.92 Å². The van der Waals surface area contributed by atoms with Crippen molar-refractivity contribution in [2.75, 3.05) is 6.54 Å². The highest BCUT2D eigenvalue weighted by molar-refractivity contribution is 5.93. The molecular formula is C16H27N5O8. The number of nitrogens with two attached hydrogens (primary N) is 2. The zero-order chi connectivity index (χ0) is 22.7. The van der Waals surface area contributed by atoms with Gasteiger partial charge in [0.25, 0.3) is 0 Å². The largest absolute Gasteiger partial charge is 0.481 e. The minimum Gasteiger partial charge on any atom is -0.481 e. The van der Waals surface area contributed by atoms with E-state index in [4.69, 9.17) is 21.7 Å². The summed E-state index contributed by atoms with van der Waals surface area (Å²) in [6.07, 6.45) is -1.45. The summed E-state index contributed by atoms with van der Waals surface area (Å²) in [5, 5.41) is 24.2. The third kappa shape index (κ3) is 10.6. The number of amides is 4. The van der Waals surface area contributed by atoms with Gasteiger partial charge in [0, 0.05) is 6.42 Å². The second-order valence-corrected chi connectivity index (χ2v) is 6.61. The van der Waals surface area contributed by atoms with Crippen molar-refractivity contribution in [1.29, 1.82) is 0 Å². The highest BCUT2D eigenvalue weighted by Gasteiger charge is 2.28. The van der Waals surface area contributed by atoms with E-state index in [9.17, 15) is 28.8 Å². The molecule has 4 amide bonds. The van der Waals surface area contributed by atoms with Crippen LogP contribution in [0.1, 0.15) is 33.1 Å². The molecule has 29 heavy (non-hydrogen) atoms. The van der Waals surface area contributed by atoms with Crippen LogP contribution in [0.5, 0.6) is 0 Å². The second kappa shape index (κ2) is 12.3. The lowest BCUT2D eigenvalue weighted by atomic mass is 10.1. The summed E-state index contributed by atoms with van der Waals surface area (Å²) in [5.74, 6) is -6.39. The summed E-state index contributed by atoms with van der Waals surface area (Å²) in [6.45, 7) is 2.91. The SMILES string of the molecule is CC(C)C(N)C(=O)NCC(=O)NC(CCC(N)=O)C(=O)NC(CC(=O)O)C(=O)O. The predicted molar refractivity (Wildman–Crippen MR) is 98.0 cm³/mol. The van der Waals surface area contributed by atoms with Crippen LogP contribution >= 0.6 is 0 Å². The Balaban J connectivity index is 5.02. The minimum atomic E-state index is -1.74. The van der Waals surface area contributed by atoms with Gasteiger partial charge in [0.2, 0.25) is 23.6 Å². The molecule has 0 saturated heterocycles. The Kier molecular flexibility index (Phi) is 10.9. The van der Waals surface area contributed by atoms with Gasteiger partial charge in [-0.05, 0) is 12.3 Å². The number of rotatable bonds is 13. The molecule has 0 aliphatic heterocycles. The molecule has 3 atom stereocenters. The van der Waals surface area contributed by atoms with Crippen molar-refractivity contribution in [2.45, 2.75) is 51.2 Å². The Morgan fingerprint density at radius 2 is 1.52 bits per heavy atom. The number of carboxylic acids is 2. The second-order valence-electron chi connectivity index (χ2n) is 6.61. The molecule has 0 saturated carbocycles. The van der Waals surface area contributed by atoms with Crippen LogP contribution in [0.4, 0.5) is 0 Å². The topological polar surface area (TPSA) is 231 Å². The van der Waals surface area contributed by atoms with Crippen molar-refractivity contribution in [3.05, 3.63) is 0 Å². The number of carbonyl (C=O) groups is 6. The van der Waals surface area contributed by atoms with E-state index in [2.05, 4.69) is 10.6 Å². The first-order valence-corrected chi connectivity index (χ1v) is 8.71. The standard InChI is InChI=1S/C16H27N5O8/c1-7(2)13(18)15(27)19-6-11(23)20-8(3-4-10(17)22)14(26)21-9(16(28)29)5-12(24)25/h7-9,13H,3-6,18H2,1-2H3,(H2,17,22)(H,19,27)(H,20,23)(H,21,26)(H,24,25)(H,28,29).